The number of hydrogen-bond acceptors (Lipinski definition) is 6. The number of hydrogen-bond donors (Lipinski definition) is 0. The maximum atomic E-state index is 14.1. The second kappa shape index (κ2) is 7.16. The monoisotopic (exact) mass is 467 g/mol. The number of piperidine rings is 1. The summed E-state index contributed by atoms with van der Waals surface area (Å²) in [5.41, 5.74) is 3.10. The van der Waals surface area contributed by atoms with Gasteiger partial charge in [0.1, 0.15) is 11.2 Å². The predicted molar refractivity (Wildman–Crippen MR) is 126 cm³/mol. The van der Waals surface area contributed by atoms with Gasteiger partial charge < -0.3 is 4.90 Å². The summed E-state index contributed by atoms with van der Waals surface area (Å²) in [6.07, 6.45) is 4.07. The minimum Gasteiger partial charge on any atom is -0.352 e. The van der Waals surface area contributed by atoms with Crippen LogP contribution in [0.3, 0.4) is 0 Å². The second-order valence-electron chi connectivity index (χ2n) is 9.88. The number of carbonyl (C=O) groups is 1. The number of nitrogens with zero attached hydrogens (tertiary/aromatic N) is 5. The first kappa shape index (κ1) is 20.9. The molecule has 0 saturated carbocycles. The lowest BCUT2D eigenvalue weighted by molar-refractivity contribution is -0.139. The first-order valence-electron chi connectivity index (χ1n) is 11.8. The minimum atomic E-state index is -3.11. The van der Waals surface area contributed by atoms with Crippen molar-refractivity contribution >= 4 is 27.3 Å². The molecule has 0 unspecified atom stereocenters. The van der Waals surface area contributed by atoms with Crippen molar-refractivity contribution in [1.29, 1.82) is 0 Å². The normalized spacial score (nSPS) is 30.5. The molecule has 0 bridgehead atoms. The van der Waals surface area contributed by atoms with Crippen LogP contribution in [0.4, 0.5) is 5.82 Å². The van der Waals surface area contributed by atoms with E-state index >= 15 is 0 Å². The highest BCUT2D eigenvalue weighted by atomic mass is 32.2. The summed E-state index contributed by atoms with van der Waals surface area (Å²) < 4.78 is 26.3. The van der Waals surface area contributed by atoms with Crippen molar-refractivity contribution < 1.29 is 13.2 Å². The zero-order valence-corrected chi connectivity index (χ0v) is 19.9. The molecule has 1 aromatic heterocycles. The fourth-order valence-electron chi connectivity index (χ4n) is 6.35. The van der Waals surface area contributed by atoms with E-state index in [9.17, 15) is 13.2 Å². The number of carbonyl (C=O) groups excluding carboxylic acids is 1. The molecule has 4 aliphatic heterocycles. The Morgan fingerprint density at radius 3 is 2.61 bits per heavy atom. The first-order chi connectivity index (χ1) is 15.8. The van der Waals surface area contributed by atoms with Gasteiger partial charge in [0.2, 0.25) is 0 Å². The van der Waals surface area contributed by atoms with Crippen molar-refractivity contribution in [3.63, 3.8) is 0 Å². The van der Waals surface area contributed by atoms with E-state index in [1.807, 2.05) is 36.7 Å². The molecule has 9 heteroatoms. The van der Waals surface area contributed by atoms with Crippen LogP contribution in [0.1, 0.15) is 43.9 Å². The van der Waals surface area contributed by atoms with Gasteiger partial charge in [0.05, 0.1) is 40.7 Å². The van der Waals surface area contributed by atoms with Crippen molar-refractivity contribution in [2.75, 3.05) is 23.0 Å². The number of fused-ring (bicyclic) bond motifs is 4. The lowest BCUT2D eigenvalue weighted by Gasteiger charge is -2.50. The van der Waals surface area contributed by atoms with E-state index in [0.29, 0.717) is 12.8 Å². The predicted octanol–water partition coefficient (Wildman–Crippen LogP) is 2.49. The van der Waals surface area contributed by atoms with Gasteiger partial charge in [0.25, 0.3) is 5.91 Å². The quantitative estimate of drug-likeness (QED) is 0.677. The number of aromatic nitrogens is 2. The third-order valence-electron chi connectivity index (χ3n) is 8.00. The van der Waals surface area contributed by atoms with Crippen molar-refractivity contribution in [1.82, 2.24) is 14.8 Å². The zero-order chi connectivity index (χ0) is 23.0. The molecule has 2 fully saturated rings. The molecule has 1 aromatic carbocycles. The molecule has 174 valence electrons. The van der Waals surface area contributed by atoms with Crippen molar-refractivity contribution in [2.45, 2.75) is 58.0 Å². The van der Waals surface area contributed by atoms with Gasteiger partial charge >= 0.3 is 0 Å². The average molecular weight is 468 g/mol. The number of para-hydroxylation sites is 1. The topological polar surface area (TPSA) is 87.9 Å². The van der Waals surface area contributed by atoms with E-state index in [0.717, 1.165) is 54.3 Å². The second-order valence-corrected chi connectivity index (χ2v) is 12.1. The summed E-state index contributed by atoms with van der Waals surface area (Å²) in [5.74, 6) is 1.20. The molecule has 2 saturated heterocycles. The van der Waals surface area contributed by atoms with Crippen molar-refractivity contribution in [3.05, 3.63) is 41.6 Å². The zero-order valence-electron chi connectivity index (χ0n) is 19.1. The Kier molecular flexibility index (Phi) is 4.53. The molecule has 8 nitrogen and oxygen atoms in total. The van der Waals surface area contributed by atoms with E-state index in [-0.39, 0.29) is 29.5 Å². The van der Waals surface area contributed by atoms with Gasteiger partial charge in [-0.3, -0.25) is 4.79 Å². The number of hydrazone groups is 1. The molecule has 0 radical (unpaired) electrons. The number of rotatable bonds is 2. The molecule has 4 aliphatic rings. The summed E-state index contributed by atoms with van der Waals surface area (Å²) in [6, 6.07) is 9.79. The van der Waals surface area contributed by atoms with Crippen LogP contribution >= 0.6 is 0 Å². The van der Waals surface area contributed by atoms with Crippen LogP contribution in [-0.2, 0) is 21.1 Å². The van der Waals surface area contributed by atoms with Gasteiger partial charge in [-0.15, -0.1) is 0 Å². The smallest absolute Gasteiger partial charge is 0.257 e. The third kappa shape index (κ3) is 2.94. The molecular weight excluding hydrogens is 438 g/mol. The lowest BCUT2D eigenvalue weighted by atomic mass is 9.66. The Morgan fingerprint density at radius 2 is 1.88 bits per heavy atom. The molecule has 1 amide bonds. The molecule has 5 heterocycles. The number of aryl methyl sites for hydroxylation is 1. The Hall–Kier alpha value is -2.68. The van der Waals surface area contributed by atoms with E-state index in [2.05, 4.69) is 17.0 Å². The third-order valence-corrected chi connectivity index (χ3v) is 9.76. The van der Waals surface area contributed by atoms with Crippen LogP contribution in [0.25, 0.3) is 5.69 Å². The number of amides is 1. The first-order valence-corrected chi connectivity index (χ1v) is 13.6. The Morgan fingerprint density at radius 1 is 1.09 bits per heavy atom. The molecule has 6 rings (SSSR count). The molecule has 1 spiro atoms. The largest absolute Gasteiger partial charge is 0.352 e. The molecule has 0 N–H and O–H groups in total. The van der Waals surface area contributed by atoms with Crippen molar-refractivity contribution in [2.24, 2.45) is 10.5 Å². The fourth-order valence-corrected chi connectivity index (χ4v) is 8.04. The van der Waals surface area contributed by atoms with Crippen LogP contribution in [0.5, 0.6) is 0 Å². The molecule has 0 aliphatic carbocycles. The molecule has 2 aromatic rings. The fraction of sp³-hybridized carbons (Fsp3) is 0.542. The van der Waals surface area contributed by atoms with Crippen LogP contribution in [-0.4, -0.2) is 65.0 Å². The lowest BCUT2D eigenvalue weighted by Crippen LogP contribution is -2.62. The molecule has 3 atom stereocenters. The van der Waals surface area contributed by atoms with Crippen LogP contribution in [0.2, 0.25) is 0 Å². The van der Waals surface area contributed by atoms with Crippen LogP contribution in [0, 0.1) is 12.3 Å². The maximum absolute atomic E-state index is 14.1. The standard InChI is InChI=1S/C24H29N5O3S/c1-16-20-14-24(17(2)26-29(23(24)30)19-11-13-33(31,32)15-19)21-10-6-7-12-27(21)22(20)28(25-16)18-8-4-3-5-9-18/h3-5,8-9,19,21H,6-7,10-15H2,1-2H3/t19-,21-,24-/m1/s1. The van der Waals surface area contributed by atoms with Gasteiger partial charge in [0.15, 0.2) is 9.84 Å². The van der Waals surface area contributed by atoms with Crippen molar-refractivity contribution in [3.8, 4) is 5.69 Å². The Bertz CT molecular complexity index is 1270. The van der Waals surface area contributed by atoms with Gasteiger partial charge in [0, 0.05) is 12.1 Å². The van der Waals surface area contributed by atoms with Crippen LogP contribution in [0.15, 0.2) is 35.4 Å². The van der Waals surface area contributed by atoms with Gasteiger partial charge in [-0.25, -0.2) is 18.1 Å². The summed E-state index contributed by atoms with van der Waals surface area (Å²) in [5, 5.41) is 11.2. The van der Waals surface area contributed by atoms with Crippen LogP contribution < -0.4 is 4.90 Å². The minimum absolute atomic E-state index is 0.00317. The average Bonchev–Trinajstić information content (AvgIpc) is 3.42. The highest BCUT2D eigenvalue weighted by molar-refractivity contribution is 7.91. The molecule has 33 heavy (non-hydrogen) atoms. The summed E-state index contributed by atoms with van der Waals surface area (Å²) in [6.45, 7) is 4.84. The Labute approximate surface area is 194 Å². The number of sulfone groups is 1. The van der Waals surface area contributed by atoms with Gasteiger partial charge in [-0.05, 0) is 58.1 Å². The van der Waals surface area contributed by atoms with Gasteiger partial charge in [-0.1, -0.05) is 18.2 Å². The van der Waals surface area contributed by atoms with E-state index < -0.39 is 15.3 Å². The van der Waals surface area contributed by atoms with E-state index in [1.54, 1.807) is 0 Å². The highest BCUT2D eigenvalue weighted by Gasteiger charge is 2.61. The highest BCUT2D eigenvalue weighted by Crippen LogP contribution is 2.51. The number of benzene rings is 1. The van der Waals surface area contributed by atoms with Gasteiger partial charge in [-0.2, -0.15) is 10.2 Å². The van der Waals surface area contributed by atoms with E-state index in [4.69, 9.17) is 10.2 Å². The molecular formula is C24H29N5O3S. The summed E-state index contributed by atoms with van der Waals surface area (Å²) in [7, 11) is -3.11. The Balaban J connectivity index is 1.47. The SMILES string of the molecule is CC1=NN([C@@H]2CCS(=O)(=O)C2)C(=O)[C@]12Cc1c(C)nn(-c3ccccc3)c1N1CCCC[C@@H]12. The maximum Gasteiger partial charge on any atom is 0.257 e. The number of anilines is 1. The summed E-state index contributed by atoms with van der Waals surface area (Å²) in [4.78, 5) is 16.5. The summed E-state index contributed by atoms with van der Waals surface area (Å²) >= 11 is 0. The van der Waals surface area contributed by atoms with E-state index in [1.165, 1.54) is 5.01 Å².